The summed E-state index contributed by atoms with van der Waals surface area (Å²) in [6.07, 6.45) is 1.39. The van der Waals surface area contributed by atoms with Crippen LogP contribution in [-0.4, -0.2) is 15.8 Å². The highest BCUT2D eigenvalue weighted by Gasteiger charge is 2.38. The van der Waals surface area contributed by atoms with Gasteiger partial charge in [-0.05, 0) is 30.4 Å². The van der Waals surface area contributed by atoms with E-state index < -0.39 is 11.7 Å². The van der Waals surface area contributed by atoms with Crippen LogP contribution in [0.2, 0.25) is 0 Å². The van der Waals surface area contributed by atoms with Crippen LogP contribution in [-0.2, 0) is 6.42 Å². The Morgan fingerprint density at radius 2 is 2.14 bits per heavy atom. The van der Waals surface area contributed by atoms with Gasteiger partial charge in [-0.1, -0.05) is 31.2 Å². The van der Waals surface area contributed by atoms with Crippen LogP contribution in [0.1, 0.15) is 37.0 Å². The molecule has 0 spiro atoms. The summed E-state index contributed by atoms with van der Waals surface area (Å²) in [6, 6.07) is 7.80. The van der Waals surface area contributed by atoms with Crippen molar-refractivity contribution in [3.8, 4) is 0 Å². The van der Waals surface area contributed by atoms with E-state index in [2.05, 4.69) is 0 Å². The molecule has 1 aromatic rings. The SMILES string of the molecule is CCC1(O)CCc2ccccc2C1O. The Labute approximate surface area is 84.2 Å². The number of fused-ring (bicyclic) bond motifs is 1. The van der Waals surface area contributed by atoms with E-state index in [1.54, 1.807) is 0 Å². The molecule has 0 amide bonds. The zero-order chi connectivity index (χ0) is 10.2. The van der Waals surface area contributed by atoms with Gasteiger partial charge < -0.3 is 10.2 Å². The first kappa shape index (κ1) is 9.69. The molecule has 0 fully saturated rings. The minimum Gasteiger partial charge on any atom is -0.387 e. The van der Waals surface area contributed by atoms with Crippen molar-refractivity contribution in [2.75, 3.05) is 0 Å². The monoisotopic (exact) mass is 192 g/mol. The van der Waals surface area contributed by atoms with Crippen LogP contribution >= 0.6 is 0 Å². The fourth-order valence-electron chi connectivity index (χ4n) is 2.18. The van der Waals surface area contributed by atoms with Crippen LogP contribution in [0.15, 0.2) is 24.3 Å². The fraction of sp³-hybridized carbons (Fsp3) is 0.500. The van der Waals surface area contributed by atoms with Crippen molar-refractivity contribution in [3.63, 3.8) is 0 Å². The Balaban J connectivity index is 2.41. The maximum Gasteiger partial charge on any atom is 0.108 e. The lowest BCUT2D eigenvalue weighted by atomic mass is 9.77. The van der Waals surface area contributed by atoms with Gasteiger partial charge in [-0.3, -0.25) is 0 Å². The summed E-state index contributed by atoms with van der Waals surface area (Å²) in [6.45, 7) is 1.91. The van der Waals surface area contributed by atoms with Gasteiger partial charge in [-0.25, -0.2) is 0 Å². The molecule has 0 radical (unpaired) electrons. The van der Waals surface area contributed by atoms with Gasteiger partial charge in [0.05, 0.1) is 5.60 Å². The van der Waals surface area contributed by atoms with Crippen molar-refractivity contribution in [2.24, 2.45) is 0 Å². The van der Waals surface area contributed by atoms with Crippen LogP contribution in [0.4, 0.5) is 0 Å². The lowest BCUT2D eigenvalue weighted by Gasteiger charge is -2.37. The van der Waals surface area contributed by atoms with Crippen molar-refractivity contribution >= 4 is 0 Å². The maximum atomic E-state index is 10.1. The third-order valence-corrected chi connectivity index (χ3v) is 3.30. The second-order valence-corrected chi connectivity index (χ2v) is 4.06. The zero-order valence-electron chi connectivity index (χ0n) is 8.40. The molecule has 14 heavy (non-hydrogen) atoms. The molecule has 76 valence electrons. The highest BCUT2D eigenvalue weighted by molar-refractivity contribution is 5.33. The Morgan fingerprint density at radius 3 is 2.86 bits per heavy atom. The normalized spacial score (nSPS) is 31.2. The number of aliphatic hydroxyl groups is 2. The van der Waals surface area contributed by atoms with Gasteiger partial charge in [0.2, 0.25) is 0 Å². The lowest BCUT2D eigenvalue weighted by molar-refractivity contribution is -0.0911. The van der Waals surface area contributed by atoms with Crippen LogP contribution < -0.4 is 0 Å². The average Bonchev–Trinajstić information content (AvgIpc) is 2.24. The molecule has 1 aromatic carbocycles. The van der Waals surface area contributed by atoms with Gasteiger partial charge in [0.25, 0.3) is 0 Å². The van der Waals surface area contributed by atoms with Crippen molar-refractivity contribution in [1.82, 2.24) is 0 Å². The predicted octanol–water partition coefficient (Wildman–Crippen LogP) is 1.81. The molecule has 2 atom stereocenters. The minimum absolute atomic E-state index is 0.600. The molecule has 0 saturated heterocycles. The Hall–Kier alpha value is -0.860. The molecule has 2 unspecified atom stereocenters. The number of hydrogen-bond donors (Lipinski definition) is 2. The predicted molar refractivity (Wildman–Crippen MR) is 55.0 cm³/mol. The second-order valence-electron chi connectivity index (χ2n) is 4.06. The third-order valence-electron chi connectivity index (χ3n) is 3.30. The summed E-state index contributed by atoms with van der Waals surface area (Å²) in [5.41, 5.74) is 1.13. The van der Waals surface area contributed by atoms with E-state index in [0.29, 0.717) is 12.8 Å². The Morgan fingerprint density at radius 1 is 1.43 bits per heavy atom. The molecule has 2 N–H and O–H groups in total. The molecular formula is C12H16O2. The van der Waals surface area contributed by atoms with Gasteiger partial charge in [-0.2, -0.15) is 0 Å². The van der Waals surface area contributed by atoms with Crippen molar-refractivity contribution in [3.05, 3.63) is 35.4 Å². The molecule has 2 nitrogen and oxygen atoms in total. The molecule has 0 heterocycles. The highest BCUT2D eigenvalue weighted by atomic mass is 16.3. The summed E-state index contributed by atoms with van der Waals surface area (Å²) >= 11 is 0. The van der Waals surface area contributed by atoms with E-state index in [-0.39, 0.29) is 0 Å². The van der Waals surface area contributed by atoms with Gasteiger partial charge in [0, 0.05) is 0 Å². The molecular weight excluding hydrogens is 176 g/mol. The Bertz CT molecular complexity index is 335. The maximum absolute atomic E-state index is 10.1. The number of aryl methyl sites for hydroxylation is 1. The molecule has 1 aliphatic rings. The van der Waals surface area contributed by atoms with Gasteiger partial charge >= 0.3 is 0 Å². The number of hydrogen-bond acceptors (Lipinski definition) is 2. The van der Waals surface area contributed by atoms with E-state index in [4.69, 9.17) is 0 Å². The summed E-state index contributed by atoms with van der Waals surface area (Å²) in [5, 5.41) is 20.2. The first-order valence-corrected chi connectivity index (χ1v) is 5.15. The summed E-state index contributed by atoms with van der Waals surface area (Å²) in [5.74, 6) is 0. The average molecular weight is 192 g/mol. The smallest absolute Gasteiger partial charge is 0.108 e. The molecule has 2 heteroatoms. The van der Waals surface area contributed by atoms with Gasteiger partial charge in [0.15, 0.2) is 0 Å². The van der Waals surface area contributed by atoms with Crippen LogP contribution in [0, 0.1) is 0 Å². The highest BCUT2D eigenvalue weighted by Crippen LogP contribution is 2.39. The molecule has 2 rings (SSSR count). The number of rotatable bonds is 1. The van der Waals surface area contributed by atoms with E-state index in [1.807, 2.05) is 31.2 Å². The zero-order valence-corrected chi connectivity index (χ0v) is 8.40. The van der Waals surface area contributed by atoms with Crippen molar-refractivity contribution in [1.29, 1.82) is 0 Å². The lowest BCUT2D eigenvalue weighted by Crippen LogP contribution is -2.39. The van der Waals surface area contributed by atoms with Gasteiger partial charge in [-0.15, -0.1) is 0 Å². The molecule has 0 aliphatic heterocycles. The van der Waals surface area contributed by atoms with Gasteiger partial charge in [0.1, 0.15) is 6.10 Å². The number of aliphatic hydroxyl groups excluding tert-OH is 1. The number of benzene rings is 1. The molecule has 0 bridgehead atoms. The quantitative estimate of drug-likeness (QED) is 0.712. The van der Waals surface area contributed by atoms with Crippen LogP contribution in [0.3, 0.4) is 0 Å². The molecule has 0 saturated carbocycles. The minimum atomic E-state index is -0.922. The summed E-state index contributed by atoms with van der Waals surface area (Å²) < 4.78 is 0. The van der Waals surface area contributed by atoms with Crippen molar-refractivity contribution < 1.29 is 10.2 Å². The first-order chi connectivity index (χ1) is 6.67. The van der Waals surface area contributed by atoms with Crippen LogP contribution in [0.25, 0.3) is 0 Å². The standard InChI is InChI=1S/C12H16O2/c1-2-12(14)8-7-9-5-3-4-6-10(9)11(12)13/h3-6,11,13-14H,2,7-8H2,1H3. The van der Waals surface area contributed by atoms with Crippen molar-refractivity contribution in [2.45, 2.75) is 37.9 Å². The molecule has 1 aliphatic carbocycles. The Kier molecular flexibility index (Phi) is 2.33. The van der Waals surface area contributed by atoms with E-state index >= 15 is 0 Å². The third kappa shape index (κ3) is 1.35. The first-order valence-electron chi connectivity index (χ1n) is 5.15. The topological polar surface area (TPSA) is 40.5 Å². The summed E-state index contributed by atoms with van der Waals surface area (Å²) in [7, 11) is 0. The van der Waals surface area contributed by atoms with Crippen LogP contribution in [0.5, 0.6) is 0 Å². The fourth-order valence-corrected chi connectivity index (χ4v) is 2.18. The summed E-state index contributed by atoms with van der Waals surface area (Å²) in [4.78, 5) is 0. The van der Waals surface area contributed by atoms with E-state index in [9.17, 15) is 10.2 Å². The molecule has 0 aromatic heterocycles. The van der Waals surface area contributed by atoms with E-state index in [1.165, 1.54) is 0 Å². The second kappa shape index (κ2) is 3.37. The van der Waals surface area contributed by atoms with E-state index in [0.717, 1.165) is 17.5 Å². The largest absolute Gasteiger partial charge is 0.387 e.